The van der Waals surface area contributed by atoms with E-state index < -0.39 is 0 Å². The number of fused-ring (bicyclic) bond motifs is 1. The molecule has 1 aromatic heterocycles. The van der Waals surface area contributed by atoms with Crippen LogP contribution in [0, 0.1) is 0 Å². The minimum atomic E-state index is 0.634. The molecule has 2 aliphatic rings. The summed E-state index contributed by atoms with van der Waals surface area (Å²) in [5, 5.41) is 5.08. The van der Waals surface area contributed by atoms with Crippen molar-refractivity contribution in [1.29, 1.82) is 0 Å². The van der Waals surface area contributed by atoms with Crippen LogP contribution in [0.2, 0.25) is 5.02 Å². The summed E-state index contributed by atoms with van der Waals surface area (Å²) in [6.07, 6.45) is 0.960. The molecule has 1 fully saturated rings. The Labute approximate surface area is 97.7 Å². The van der Waals surface area contributed by atoms with Crippen molar-refractivity contribution >= 4 is 28.8 Å². The molecule has 0 aromatic carbocycles. The van der Waals surface area contributed by atoms with Gasteiger partial charge >= 0.3 is 0 Å². The van der Waals surface area contributed by atoms with E-state index in [1.54, 1.807) is 11.3 Å². The zero-order valence-electron chi connectivity index (χ0n) is 8.46. The second-order valence-corrected chi connectivity index (χ2v) is 5.14. The van der Waals surface area contributed by atoms with Gasteiger partial charge in [0, 0.05) is 11.9 Å². The molecule has 3 heterocycles. The molecule has 1 N–H and O–H groups in total. The fourth-order valence-electron chi connectivity index (χ4n) is 1.85. The minimum absolute atomic E-state index is 0.634. The average Bonchev–Trinajstić information content (AvgIpc) is 2.93. The van der Waals surface area contributed by atoms with Crippen molar-refractivity contribution in [1.82, 2.24) is 10.4 Å². The van der Waals surface area contributed by atoms with Crippen molar-refractivity contribution in [3.63, 3.8) is 0 Å². The molecule has 1 saturated heterocycles. The van der Waals surface area contributed by atoms with Gasteiger partial charge in [0.2, 0.25) is 0 Å². The lowest BCUT2D eigenvalue weighted by atomic mass is 10.2. The van der Waals surface area contributed by atoms with Gasteiger partial charge < -0.3 is 5.43 Å². The predicted molar refractivity (Wildman–Crippen MR) is 63.7 cm³/mol. The Morgan fingerprint density at radius 2 is 2.60 bits per heavy atom. The molecule has 0 bridgehead atoms. The summed E-state index contributed by atoms with van der Waals surface area (Å²) in [5.74, 6) is 0.998. The standard InChI is InChI=1S/C10H12ClN3S/c1-2-7-8(11)5-15-9(7)10-12-3-6-4-14(6)13-10/h5-6H,2-4H2,1H3,(H,12,13). The number of nitrogens with zero attached hydrogens (tertiary/aromatic N) is 2. The van der Waals surface area contributed by atoms with E-state index in [1.807, 2.05) is 5.38 Å². The van der Waals surface area contributed by atoms with Crippen LogP contribution < -0.4 is 5.43 Å². The zero-order valence-corrected chi connectivity index (χ0v) is 10.0. The van der Waals surface area contributed by atoms with Crippen LogP contribution in [-0.4, -0.2) is 30.0 Å². The Kier molecular flexibility index (Phi) is 2.23. The molecule has 0 spiro atoms. The second kappa shape index (κ2) is 3.47. The fourth-order valence-corrected chi connectivity index (χ4v) is 3.25. The van der Waals surface area contributed by atoms with Gasteiger partial charge in [-0.2, -0.15) is 0 Å². The molecular weight excluding hydrogens is 230 g/mol. The van der Waals surface area contributed by atoms with Gasteiger partial charge in [0.15, 0.2) is 5.84 Å². The van der Waals surface area contributed by atoms with Gasteiger partial charge in [-0.25, -0.2) is 5.01 Å². The summed E-state index contributed by atoms with van der Waals surface area (Å²) in [6.45, 7) is 4.16. The third-order valence-electron chi connectivity index (χ3n) is 2.84. The van der Waals surface area contributed by atoms with Crippen LogP contribution in [0.5, 0.6) is 0 Å². The van der Waals surface area contributed by atoms with Crippen molar-refractivity contribution in [2.24, 2.45) is 4.99 Å². The molecule has 80 valence electrons. The molecule has 15 heavy (non-hydrogen) atoms. The maximum atomic E-state index is 6.13. The van der Waals surface area contributed by atoms with Gasteiger partial charge in [-0.15, -0.1) is 11.3 Å². The van der Waals surface area contributed by atoms with E-state index in [0.717, 1.165) is 30.4 Å². The van der Waals surface area contributed by atoms with Crippen LogP contribution in [0.3, 0.4) is 0 Å². The summed E-state index contributed by atoms with van der Waals surface area (Å²) >= 11 is 7.80. The van der Waals surface area contributed by atoms with Crippen molar-refractivity contribution < 1.29 is 0 Å². The minimum Gasteiger partial charge on any atom is -0.302 e. The third kappa shape index (κ3) is 1.57. The van der Waals surface area contributed by atoms with Gasteiger partial charge in [-0.1, -0.05) is 18.5 Å². The first-order chi connectivity index (χ1) is 7.29. The van der Waals surface area contributed by atoms with Crippen LogP contribution in [0.25, 0.3) is 0 Å². The third-order valence-corrected chi connectivity index (χ3v) is 4.33. The highest BCUT2D eigenvalue weighted by molar-refractivity contribution is 7.13. The molecule has 3 rings (SSSR count). The largest absolute Gasteiger partial charge is 0.302 e. The van der Waals surface area contributed by atoms with Crippen molar-refractivity contribution in [2.75, 3.05) is 13.1 Å². The molecule has 0 radical (unpaired) electrons. The fraction of sp³-hybridized carbons (Fsp3) is 0.500. The van der Waals surface area contributed by atoms with E-state index in [0.29, 0.717) is 6.04 Å². The summed E-state index contributed by atoms with van der Waals surface area (Å²) < 4.78 is 0. The molecule has 2 unspecified atom stereocenters. The maximum absolute atomic E-state index is 6.13. The number of halogens is 1. The van der Waals surface area contributed by atoms with E-state index >= 15 is 0 Å². The number of nitrogens with one attached hydrogen (secondary N) is 1. The predicted octanol–water partition coefficient (Wildman–Crippen LogP) is 1.91. The Bertz CT molecular complexity index is 426. The molecular formula is C10H12ClN3S. The Hall–Kier alpha value is -0.580. The first-order valence-electron chi connectivity index (χ1n) is 5.13. The topological polar surface area (TPSA) is 27.4 Å². The first kappa shape index (κ1) is 9.63. The van der Waals surface area contributed by atoms with E-state index in [1.165, 1.54) is 10.4 Å². The molecule has 0 saturated carbocycles. The highest BCUT2D eigenvalue weighted by atomic mass is 35.5. The average molecular weight is 242 g/mol. The van der Waals surface area contributed by atoms with Gasteiger partial charge in [0.1, 0.15) is 0 Å². The summed E-state index contributed by atoms with van der Waals surface area (Å²) in [7, 11) is 0. The lowest BCUT2D eigenvalue weighted by Crippen LogP contribution is -2.35. The van der Waals surface area contributed by atoms with Gasteiger partial charge in [-0.3, -0.25) is 4.99 Å². The molecule has 0 amide bonds. The normalized spacial score (nSPS) is 28.0. The van der Waals surface area contributed by atoms with E-state index in [9.17, 15) is 0 Å². The Morgan fingerprint density at radius 3 is 3.33 bits per heavy atom. The monoisotopic (exact) mass is 241 g/mol. The summed E-state index contributed by atoms with van der Waals surface area (Å²) in [6, 6.07) is 0.634. The van der Waals surface area contributed by atoms with Crippen molar-refractivity contribution in [3.8, 4) is 0 Å². The van der Waals surface area contributed by atoms with Crippen LogP contribution >= 0.6 is 22.9 Å². The zero-order chi connectivity index (χ0) is 10.4. The van der Waals surface area contributed by atoms with Crippen LogP contribution in [0.15, 0.2) is 10.4 Å². The van der Waals surface area contributed by atoms with Crippen LogP contribution in [0.1, 0.15) is 17.4 Å². The number of thiophene rings is 1. The lowest BCUT2D eigenvalue weighted by molar-refractivity contribution is 0.445. The SMILES string of the molecule is CCc1c(Cl)csc1C1=NCC2CN2N1. The molecule has 5 heteroatoms. The number of hydrogen-bond donors (Lipinski definition) is 1. The first-order valence-corrected chi connectivity index (χ1v) is 6.39. The van der Waals surface area contributed by atoms with Gasteiger partial charge in [0.25, 0.3) is 0 Å². The molecule has 3 nitrogen and oxygen atoms in total. The summed E-state index contributed by atoms with van der Waals surface area (Å²) in [4.78, 5) is 5.76. The number of hydrazine groups is 1. The smallest absolute Gasteiger partial charge is 0.153 e. The Morgan fingerprint density at radius 1 is 1.73 bits per heavy atom. The highest BCUT2D eigenvalue weighted by Gasteiger charge is 2.38. The van der Waals surface area contributed by atoms with Gasteiger partial charge in [-0.05, 0) is 12.0 Å². The second-order valence-electron chi connectivity index (χ2n) is 3.85. The highest BCUT2D eigenvalue weighted by Crippen LogP contribution is 2.29. The van der Waals surface area contributed by atoms with Gasteiger partial charge in [0.05, 0.1) is 22.5 Å². The van der Waals surface area contributed by atoms with Crippen LogP contribution in [-0.2, 0) is 6.42 Å². The van der Waals surface area contributed by atoms with Crippen LogP contribution in [0.4, 0.5) is 0 Å². The van der Waals surface area contributed by atoms with E-state index in [-0.39, 0.29) is 0 Å². The number of rotatable bonds is 2. The lowest BCUT2D eigenvalue weighted by Gasteiger charge is -2.15. The molecule has 2 aliphatic heterocycles. The van der Waals surface area contributed by atoms with Crippen molar-refractivity contribution in [3.05, 3.63) is 20.8 Å². The maximum Gasteiger partial charge on any atom is 0.153 e. The number of hydrogen-bond acceptors (Lipinski definition) is 4. The van der Waals surface area contributed by atoms with Crippen molar-refractivity contribution in [2.45, 2.75) is 19.4 Å². The van der Waals surface area contributed by atoms with E-state index in [4.69, 9.17) is 11.6 Å². The number of amidine groups is 1. The Balaban J connectivity index is 1.94. The van der Waals surface area contributed by atoms with E-state index in [2.05, 4.69) is 22.4 Å². The molecule has 2 atom stereocenters. The quantitative estimate of drug-likeness (QED) is 0.801. The molecule has 0 aliphatic carbocycles. The number of aliphatic imine (C=N–C) groups is 1. The molecule has 1 aromatic rings. The summed E-state index contributed by atoms with van der Waals surface area (Å²) in [5.41, 5.74) is 4.55.